The Bertz CT molecular complexity index is 1090. The van der Waals surface area contributed by atoms with Crippen molar-refractivity contribution in [3.05, 3.63) is 53.6 Å². The summed E-state index contributed by atoms with van der Waals surface area (Å²) in [6.45, 7) is 10.0. The second-order valence-electron chi connectivity index (χ2n) is 9.00. The highest BCUT2D eigenvalue weighted by Gasteiger charge is 2.22. The van der Waals surface area contributed by atoms with Gasteiger partial charge in [-0.3, -0.25) is 14.6 Å². The molecule has 7 heteroatoms. The Hall–Kier alpha value is -2.48. The summed E-state index contributed by atoms with van der Waals surface area (Å²) >= 11 is 1.60. The van der Waals surface area contributed by atoms with E-state index in [2.05, 4.69) is 36.9 Å². The van der Waals surface area contributed by atoms with Crippen molar-refractivity contribution in [2.24, 2.45) is 0 Å². The Morgan fingerprint density at radius 2 is 1.97 bits per heavy atom. The summed E-state index contributed by atoms with van der Waals surface area (Å²) in [5.74, 6) is 0.720. The third-order valence-electron chi connectivity index (χ3n) is 6.38. The number of benzene rings is 2. The maximum Gasteiger partial charge on any atom is 0.260 e. The summed E-state index contributed by atoms with van der Waals surface area (Å²) in [5.41, 5.74) is 2.87. The number of aryl methyl sites for hydroxylation is 1. The Labute approximate surface area is 212 Å². The van der Waals surface area contributed by atoms with Gasteiger partial charge in [-0.2, -0.15) is 0 Å². The van der Waals surface area contributed by atoms with Crippen LogP contribution in [-0.4, -0.2) is 61.8 Å². The average molecular weight is 496 g/mol. The van der Waals surface area contributed by atoms with Crippen LogP contribution in [-0.2, 0) is 11.2 Å². The fourth-order valence-corrected chi connectivity index (χ4v) is 5.32. The number of thiazole rings is 1. The minimum absolute atomic E-state index is 0.0271. The van der Waals surface area contributed by atoms with Crippen molar-refractivity contribution in [3.63, 3.8) is 0 Å². The Kier molecular flexibility index (Phi) is 9.51. The van der Waals surface area contributed by atoms with Gasteiger partial charge in [-0.05, 0) is 55.2 Å². The predicted octanol–water partition coefficient (Wildman–Crippen LogP) is 5.80. The molecule has 1 aliphatic heterocycles. The predicted molar refractivity (Wildman–Crippen MR) is 144 cm³/mol. The van der Waals surface area contributed by atoms with Gasteiger partial charge in [0.05, 0.1) is 30.0 Å². The first kappa shape index (κ1) is 25.6. The molecule has 1 amide bonds. The summed E-state index contributed by atoms with van der Waals surface area (Å²) < 4.78 is 12.5. The lowest BCUT2D eigenvalue weighted by Gasteiger charge is -2.27. The number of hydrogen-bond donors (Lipinski definition) is 0. The van der Waals surface area contributed by atoms with Gasteiger partial charge in [-0.15, -0.1) is 0 Å². The van der Waals surface area contributed by atoms with Crippen molar-refractivity contribution >= 4 is 32.6 Å². The summed E-state index contributed by atoms with van der Waals surface area (Å²) in [4.78, 5) is 22.9. The van der Waals surface area contributed by atoms with E-state index in [4.69, 9.17) is 14.5 Å². The van der Waals surface area contributed by atoms with Crippen molar-refractivity contribution in [1.29, 1.82) is 0 Å². The van der Waals surface area contributed by atoms with Gasteiger partial charge < -0.3 is 9.47 Å². The van der Waals surface area contributed by atoms with Gasteiger partial charge >= 0.3 is 0 Å². The maximum atomic E-state index is 13.8. The smallest absolute Gasteiger partial charge is 0.260 e. The minimum Gasteiger partial charge on any atom is -0.494 e. The molecule has 0 saturated carbocycles. The van der Waals surface area contributed by atoms with E-state index in [0.29, 0.717) is 18.7 Å². The van der Waals surface area contributed by atoms with E-state index in [1.807, 2.05) is 29.2 Å². The molecule has 6 nitrogen and oxygen atoms in total. The number of amides is 1. The first-order chi connectivity index (χ1) is 17.2. The zero-order valence-electron chi connectivity index (χ0n) is 21.0. The molecule has 35 heavy (non-hydrogen) atoms. The van der Waals surface area contributed by atoms with Gasteiger partial charge in [-0.25, -0.2) is 4.98 Å². The number of unbranched alkanes of at least 4 members (excludes halogenated alkanes) is 2. The molecule has 3 aromatic rings. The summed E-state index contributed by atoms with van der Waals surface area (Å²) in [6, 6.07) is 13.9. The fourth-order valence-electron chi connectivity index (χ4n) is 4.27. The molecule has 4 rings (SSSR count). The standard InChI is InChI=1S/C28H37N3O3S/c1-3-5-6-17-34-24-10-7-9-23(21-24)27(32)31(14-8-13-30-15-18-33-19-16-30)28-29-25-12-11-22(4-2)20-26(25)35-28/h7,9-12,20-21H,3-6,8,13-19H2,1-2H3. The Balaban J connectivity index is 1.53. The number of carbonyl (C=O) groups excluding carboxylic acids is 1. The summed E-state index contributed by atoms with van der Waals surface area (Å²) in [5, 5.41) is 0.759. The van der Waals surface area contributed by atoms with Crippen LogP contribution in [0.3, 0.4) is 0 Å². The molecule has 1 aromatic heterocycles. The first-order valence-electron chi connectivity index (χ1n) is 12.9. The number of fused-ring (bicyclic) bond motifs is 1. The topological polar surface area (TPSA) is 54.9 Å². The van der Waals surface area contributed by atoms with E-state index in [9.17, 15) is 4.79 Å². The Morgan fingerprint density at radius 3 is 2.77 bits per heavy atom. The van der Waals surface area contributed by atoms with Crippen LogP contribution in [0.25, 0.3) is 10.2 Å². The number of anilines is 1. The lowest BCUT2D eigenvalue weighted by Crippen LogP contribution is -2.39. The number of carbonyl (C=O) groups is 1. The van der Waals surface area contributed by atoms with Crippen molar-refractivity contribution in [1.82, 2.24) is 9.88 Å². The zero-order valence-corrected chi connectivity index (χ0v) is 21.8. The van der Waals surface area contributed by atoms with E-state index in [0.717, 1.165) is 86.0 Å². The molecule has 2 aromatic carbocycles. The van der Waals surface area contributed by atoms with E-state index in [1.54, 1.807) is 11.3 Å². The summed E-state index contributed by atoms with van der Waals surface area (Å²) in [7, 11) is 0. The lowest BCUT2D eigenvalue weighted by molar-refractivity contribution is 0.0376. The molecule has 1 aliphatic rings. The van der Waals surface area contributed by atoms with Gasteiger partial charge in [-0.1, -0.05) is 50.2 Å². The van der Waals surface area contributed by atoms with Crippen LogP contribution < -0.4 is 9.64 Å². The first-order valence-corrected chi connectivity index (χ1v) is 13.7. The van der Waals surface area contributed by atoms with Crippen LogP contribution in [0.4, 0.5) is 5.13 Å². The molecule has 0 aliphatic carbocycles. The number of ether oxygens (including phenoxy) is 2. The lowest BCUT2D eigenvalue weighted by atomic mass is 10.2. The zero-order chi connectivity index (χ0) is 24.5. The molecule has 1 fully saturated rings. The van der Waals surface area contributed by atoms with Crippen molar-refractivity contribution < 1.29 is 14.3 Å². The summed E-state index contributed by atoms with van der Waals surface area (Å²) in [6.07, 6.45) is 5.19. The third-order valence-corrected chi connectivity index (χ3v) is 7.42. The largest absolute Gasteiger partial charge is 0.494 e. The Morgan fingerprint density at radius 1 is 1.11 bits per heavy atom. The number of rotatable bonds is 12. The van der Waals surface area contributed by atoms with E-state index < -0.39 is 0 Å². The SMILES string of the molecule is CCCCCOc1cccc(C(=O)N(CCCN2CCOCC2)c2nc3ccc(CC)cc3s2)c1. The van der Waals surface area contributed by atoms with Gasteiger partial charge in [0.25, 0.3) is 5.91 Å². The quantitative estimate of drug-likeness (QED) is 0.297. The van der Waals surface area contributed by atoms with Crippen LogP contribution >= 0.6 is 11.3 Å². The van der Waals surface area contributed by atoms with E-state index in [-0.39, 0.29) is 5.91 Å². The van der Waals surface area contributed by atoms with Gasteiger partial charge in [0.1, 0.15) is 5.75 Å². The number of hydrogen-bond acceptors (Lipinski definition) is 6. The van der Waals surface area contributed by atoms with Crippen LogP contribution in [0, 0.1) is 0 Å². The molecular formula is C28H37N3O3S. The molecule has 0 spiro atoms. The molecule has 2 heterocycles. The molecule has 0 atom stereocenters. The molecular weight excluding hydrogens is 458 g/mol. The third kappa shape index (κ3) is 7.03. The molecule has 0 radical (unpaired) electrons. The maximum absolute atomic E-state index is 13.8. The monoisotopic (exact) mass is 495 g/mol. The highest BCUT2D eigenvalue weighted by molar-refractivity contribution is 7.22. The second kappa shape index (κ2) is 13.0. The minimum atomic E-state index is -0.0271. The van der Waals surface area contributed by atoms with Gasteiger partial charge in [0.2, 0.25) is 0 Å². The number of aromatic nitrogens is 1. The molecule has 0 bridgehead atoms. The van der Waals surface area contributed by atoms with Crippen LogP contribution in [0.5, 0.6) is 5.75 Å². The highest BCUT2D eigenvalue weighted by atomic mass is 32.1. The van der Waals surface area contributed by atoms with Crippen molar-refractivity contribution in [3.8, 4) is 5.75 Å². The van der Waals surface area contributed by atoms with Crippen molar-refractivity contribution in [2.75, 3.05) is 50.9 Å². The highest BCUT2D eigenvalue weighted by Crippen LogP contribution is 2.31. The molecule has 0 unspecified atom stereocenters. The van der Waals surface area contributed by atoms with Crippen LogP contribution in [0.2, 0.25) is 0 Å². The second-order valence-corrected chi connectivity index (χ2v) is 10.0. The van der Waals surface area contributed by atoms with Gasteiger partial charge in [0.15, 0.2) is 5.13 Å². The molecule has 188 valence electrons. The van der Waals surface area contributed by atoms with Gasteiger partial charge in [0, 0.05) is 31.7 Å². The average Bonchev–Trinajstić information content (AvgIpc) is 3.32. The number of nitrogens with zero attached hydrogens (tertiary/aromatic N) is 3. The number of morpholine rings is 1. The normalized spacial score (nSPS) is 14.3. The fraction of sp³-hybridized carbons (Fsp3) is 0.500. The molecule has 0 N–H and O–H groups in total. The van der Waals surface area contributed by atoms with Crippen LogP contribution in [0.1, 0.15) is 55.5 Å². The van der Waals surface area contributed by atoms with E-state index in [1.165, 1.54) is 5.56 Å². The molecule has 1 saturated heterocycles. The van der Waals surface area contributed by atoms with E-state index >= 15 is 0 Å². The van der Waals surface area contributed by atoms with Crippen LogP contribution in [0.15, 0.2) is 42.5 Å². The van der Waals surface area contributed by atoms with Crippen molar-refractivity contribution in [2.45, 2.75) is 46.0 Å².